The van der Waals surface area contributed by atoms with E-state index in [2.05, 4.69) is 4.74 Å². The normalized spacial score (nSPS) is 14.1. The molecule has 0 heterocycles. The summed E-state index contributed by atoms with van der Waals surface area (Å²) < 4.78 is 10.0. The number of rotatable bonds is 3. The van der Waals surface area contributed by atoms with Crippen LogP contribution in [-0.4, -0.2) is 24.8 Å². The Morgan fingerprint density at radius 1 is 1.42 bits per heavy atom. The quantitative estimate of drug-likeness (QED) is 0.611. The van der Waals surface area contributed by atoms with E-state index in [1.54, 1.807) is 0 Å². The molecule has 1 unspecified atom stereocenters. The van der Waals surface area contributed by atoms with E-state index in [1.807, 2.05) is 27.7 Å². The van der Waals surface area contributed by atoms with Crippen LogP contribution >= 0.6 is 0 Å². The predicted molar refractivity (Wildman–Crippen MR) is 46.9 cm³/mol. The number of methoxy groups -OCH3 is 1. The summed E-state index contributed by atoms with van der Waals surface area (Å²) in [6.45, 7) is 7.74. The third-order valence-electron chi connectivity index (χ3n) is 1.24. The first-order chi connectivity index (χ1) is 5.35. The van der Waals surface area contributed by atoms with E-state index in [4.69, 9.17) is 4.74 Å². The van der Waals surface area contributed by atoms with Gasteiger partial charge < -0.3 is 9.47 Å². The molecule has 0 spiro atoms. The van der Waals surface area contributed by atoms with E-state index >= 15 is 0 Å². The molecule has 0 aromatic rings. The molecule has 0 fully saturated rings. The Kier molecular flexibility index (Phi) is 4.24. The molecule has 0 amide bonds. The summed E-state index contributed by atoms with van der Waals surface area (Å²) in [5.41, 5.74) is -0.201. The van der Waals surface area contributed by atoms with Gasteiger partial charge >= 0.3 is 5.97 Å². The summed E-state index contributed by atoms with van der Waals surface area (Å²) in [6.07, 6.45) is 0.228. The van der Waals surface area contributed by atoms with E-state index in [1.165, 1.54) is 7.11 Å². The van der Waals surface area contributed by atoms with Crippen molar-refractivity contribution in [2.24, 2.45) is 0 Å². The van der Waals surface area contributed by atoms with Gasteiger partial charge in [0.2, 0.25) is 0 Å². The first kappa shape index (κ1) is 11.4. The van der Waals surface area contributed by atoms with E-state index in [9.17, 15) is 4.79 Å². The summed E-state index contributed by atoms with van der Waals surface area (Å²) in [5, 5.41) is 0. The van der Waals surface area contributed by atoms with Gasteiger partial charge in [0.05, 0.1) is 25.2 Å². The largest absolute Gasteiger partial charge is 0.469 e. The maximum Gasteiger partial charge on any atom is 0.308 e. The van der Waals surface area contributed by atoms with Crippen LogP contribution in [0.4, 0.5) is 0 Å². The fraction of sp³-hybridized carbons (Fsp3) is 0.889. The van der Waals surface area contributed by atoms with Crippen molar-refractivity contribution in [1.82, 2.24) is 0 Å². The predicted octanol–water partition coefficient (Wildman–Crippen LogP) is 1.75. The first-order valence-electron chi connectivity index (χ1n) is 4.10. The Bertz CT molecular complexity index is 146. The Morgan fingerprint density at radius 3 is 2.25 bits per heavy atom. The lowest BCUT2D eigenvalue weighted by molar-refractivity contribution is -0.146. The molecule has 3 nitrogen and oxygen atoms in total. The van der Waals surface area contributed by atoms with E-state index in [0.717, 1.165) is 0 Å². The van der Waals surface area contributed by atoms with Gasteiger partial charge in [-0.15, -0.1) is 0 Å². The molecule has 0 rings (SSSR count). The smallest absolute Gasteiger partial charge is 0.308 e. The molecule has 72 valence electrons. The lowest BCUT2D eigenvalue weighted by atomic mass is 10.1. The van der Waals surface area contributed by atoms with Gasteiger partial charge in [-0.25, -0.2) is 0 Å². The SMILES string of the molecule is COC(=O)CC(C)OC(C)(C)C. The van der Waals surface area contributed by atoms with E-state index < -0.39 is 0 Å². The van der Waals surface area contributed by atoms with Gasteiger partial charge in [-0.2, -0.15) is 0 Å². The molecular weight excluding hydrogens is 156 g/mol. The van der Waals surface area contributed by atoms with Crippen molar-refractivity contribution in [1.29, 1.82) is 0 Å². The third kappa shape index (κ3) is 6.16. The van der Waals surface area contributed by atoms with Gasteiger partial charge in [0.15, 0.2) is 0 Å². The summed E-state index contributed by atoms with van der Waals surface area (Å²) in [5.74, 6) is -0.230. The lowest BCUT2D eigenvalue weighted by Gasteiger charge is -2.24. The zero-order valence-electron chi connectivity index (χ0n) is 8.51. The number of hydrogen-bond acceptors (Lipinski definition) is 3. The second kappa shape index (κ2) is 4.45. The molecule has 1 atom stereocenters. The molecular formula is C9H18O3. The molecule has 0 aliphatic rings. The van der Waals surface area contributed by atoms with Crippen LogP contribution in [0.2, 0.25) is 0 Å². The highest BCUT2D eigenvalue weighted by atomic mass is 16.5. The summed E-state index contributed by atoms with van der Waals surface area (Å²) in [6, 6.07) is 0. The van der Waals surface area contributed by atoms with Gasteiger partial charge in [-0.05, 0) is 27.7 Å². The minimum absolute atomic E-state index is 0.0857. The van der Waals surface area contributed by atoms with Crippen LogP contribution in [0.5, 0.6) is 0 Å². The molecule has 0 bridgehead atoms. The molecule has 12 heavy (non-hydrogen) atoms. The van der Waals surface area contributed by atoms with Crippen LogP contribution in [0.15, 0.2) is 0 Å². The molecule has 0 N–H and O–H groups in total. The number of ether oxygens (including phenoxy) is 2. The van der Waals surface area contributed by atoms with Crippen LogP contribution in [0.3, 0.4) is 0 Å². The van der Waals surface area contributed by atoms with Crippen molar-refractivity contribution >= 4 is 5.97 Å². The van der Waals surface area contributed by atoms with Crippen molar-refractivity contribution < 1.29 is 14.3 Å². The summed E-state index contributed by atoms with van der Waals surface area (Å²) in [7, 11) is 1.38. The highest BCUT2D eigenvalue weighted by Crippen LogP contribution is 2.12. The summed E-state index contributed by atoms with van der Waals surface area (Å²) >= 11 is 0. The number of hydrogen-bond donors (Lipinski definition) is 0. The van der Waals surface area contributed by atoms with Crippen LogP contribution in [0.1, 0.15) is 34.1 Å². The van der Waals surface area contributed by atoms with Crippen LogP contribution in [0, 0.1) is 0 Å². The van der Waals surface area contributed by atoms with Crippen molar-refractivity contribution in [3.63, 3.8) is 0 Å². The lowest BCUT2D eigenvalue weighted by Crippen LogP contribution is -2.27. The maximum atomic E-state index is 10.8. The third-order valence-corrected chi connectivity index (χ3v) is 1.24. The average molecular weight is 174 g/mol. The monoisotopic (exact) mass is 174 g/mol. The highest BCUT2D eigenvalue weighted by molar-refractivity contribution is 5.69. The standard InChI is InChI=1S/C9H18O3/c1-7(6-8(10)11-5)12-9(2,3)4/h7H,6H2,1-5H3. The molecule has 0 aliphatic heterocycles. The fourth-order valence-corrected chi connectivity index (χ4v) is 0.963. The van der Waals surface area contributed by atoms with Crippen LogP contribution in [-0.2, 0) is 14.3 Å². The summed E-state index contributed by atoms with van der Waals surface area (Å²) in [4.78, 5) is 10.8. The Balaban J connectivity index is 3.74. The van der Waals surface area contributed by atoms with Gasteiger partial charge in [0.1, 0.15) is 0 Å². The Hall–Kier alpha value is -0.570. The van der Waals surface area contributed by atoms with E-state index in [-0.39, 0.29) is 17.7 Å². The van der Waals surface area contributed by atoms with Gasteiger partial charge in [0.25, 0.3) is 0 Å². The second-order valence-electron chi connectivity index (χ2n) is 3.82. The van der Waals surface area contributed by atoms with Crippen molar-refractivity contribution in [3.8, 4) is 0 Å². The number of esters is 1. The molecule has 0 aliphatic carbocycles. The minimum Gasteiger partial charge on any atom is -0.469 e. The number of carbonyl (C=O) groups excluding carboxylic acids is 1. The molecule has 0 saturated heterocycles. The molecule has 0 saturated carbocycles. The highest BCUT2D eigenvalue weighted by Gasteiger charge is 2.17. The van der Waals surface area contributed by atoms with Gasteiger partial charge in [-0.3, -0.25) is 4.79 Å². The number of carbonyl (C=O) groups is 1. The molecule has 0 aromatic heterocycles. The van der Waals surface area contributed by atoms with Gasteiger partial charge in [-0.1, -0.05) is 0 Å². The van der Waals surface area contributed by atoms with Crippen LogP contribution < -0.4 is 0 Å². The van der Waals surface area contributed by atoms with Crippen LogP contribution in [0.25, 0.3) is 0 Å². The van der Waals surface area contributed by atoms with Crippen molar-refractivity contribution in [3.05, 3.63) is 0 Å². The zero-order chi connectivity index (χ0) is 9.78. The van der Waals surface area contributed by atoms with Crippen molar-refractivity contribution in [2.45, 2.75) is 45.8 Å². The zero-order valence-corrected chi connectivity index (χ0v) is 8.51. The topological polar surface area (TPSA) is 35.5 Å². The second-order valence-corrected chi connectivity index (χ2v) is 3.82. The molecule has 0 radical (unpaired) electrons. The minimum atomic E-state index is -0.230. The Labute approximate surface area is 74.0 Å². The molecule has 3 heteroatoms. The molecule has 0 aromatic carbocycles. The van der Waals surface area contributed by atoms with Crippen molar-refractivity contribution in [2.75, 3.05) is 7.11 Å². The van der Waals surface area contributed by atoms with E-state index in [0.29, 0.717) is 6.42 Å². The van der Waals surface area contributed by atoms with Gasteiger partial charge in [0, 0.05) is 0 Å². The maximum absolute atomic E-state index is 10.8. The first-order valence-corrected chi connectivity index (χ1v) is 4.10. The average Bonchev–Trinajstić information content (AvgIpc) is 1.82. The Morgan fingerprint density at radius 2 is 1.92 bits per heavy atom. The fourth-order valence-electron chi connectivity index (χ4n) is 0.963.